The van der Waals surface area contributed by atoms with E-state index in [9.17, 15) is 9.59 Å². The minimum atomic E-state index is -0.181. The number of benzene rings is 2. The molecule has 0 saturated heterocycles. The highest BCUT2D eigenvalue weighted by Crippen LogP contribution is 2.10. The van der Waals surface area contributed by atoms with Gasteiger partial charge >= 0.3 is 0 Å². The zero-order valence-corrected chi connectivity index (χ0v) is 21.3. The highest BCUT2D eigenvalue weighted by atomic mass is 19.0. The van der Waals surface area contributed by atoms with Crippen LogP contribution in [0.3, 0.4) is 0 Å². The van der Waals surface area contributed by atoms with Crippen molar-refractivity contribution >= 4 is 33.9 Å². The number of rotatable bonds is 14. The number of H-pyrrole nitrogens is 2. The van der Waals surface area contributed by atoms with E-state index < -0.39 is 0 Å². The molecule has 2 aromatic heterocycles. The molecule has 4 aromatic rings. The van der Waals surface area contributed by atoms with Gasteiger partial charge in [-0.25, -0.2) is 9.97 Å². The van der Waals surface area contributed by atoms with E-state index in [4.69, 9.17) is 0 Å². The zero-order valence-electron chi connectivity index (χ0n) is 21.3. The number of para-hydroxylation sites is 4. The number of nitrogens with one attached hydrogen (secondary N) is 6. The average molecular weight is 573 g/mol. The lowest BCUT2D eigenvalue weighted by Crippen LogP contribution is -2.30. The molecule has 0 aliphatic carbocycles. The molecule has 0 bridgehead atoms. The van der Waals surface area contributed by atoms with Gasteiger partial charge in [-0.15, -0.1) is 0 Å². The number of nitrogens with zero attached hydrogens (tertiary/aromatic N) is 2. The molecule has 2 heterocycles. The van der Waals surface area contributed by atoms with Crippen LogP contribution in [0.4, 0.5) is 18.8 Å². The molecule has 2 amide bonds. The minimum Gasteiger partial charge on any atom is -0.349 e. The molecule has 2 aromatic carbocycles. The maximum atomic E-state index is 12.2. The topological polar surface area (TPSA) is 140 Å². The molecular formula is C26H40F4N8O2. The Morgan fingerprint density at radius 1 is 0.575 bits per heavy atom. The van der Waals surface area contributed by atoms with Crippen LogP contribution in [0, 0.1) is 0 Å². The fraction of sp³-hybridized carbons (Fsp3) is 0.385. The monoisotopic (exact) mass is 572 g/mol. The summed E-state index contributed by atoms with van der Waals surface area (Å²) in [5, 5.41) is 12.6. The first-order valence-electron chi connectivity index (χ1n) is 12.1. The predicted octanol–water partition coefficient (Wildman–Crippen LogP) is 3.19. The standard InChI is InChI=1S/C25H32N8O2.CH4.4FH/c34-24(22-30-18-8-1-2-9-19(18)31-22)28-16-6-14-26-12-5-13-27-15-7-17-29-25(35)23-32-20-10-3-4-11-21(20)33-23;;;;;/h1-4,8-11,26-27H,5-7,12-17H2,(H,28,34)(H,29,35)(H,30,31)(H,32,33);1H4;4*1H. The van der Waals surface area contributed by atoms with Gasteiger partial charge in [0.25, 0.3) is 11.8 Å². The Labute approximate surface area is 230 Å². The lowest BCUT2D eigenvalue weighted by atomic mass is 10.3. The molecular weight excluding hydrogens is 532 g/mol. The highest BCUT2D eigenvalue weighted by Gasteiger charge is 2.11. The van der Waals surface area contributed by atoms with E-state index in [1.54, 1.807) is 0 Å². The molecule has 0 fully saturated rings. The molecule has 10 nitrogen and oxygen atoms in total. The van der Waals surface area contributed by atoms with E-state index in [1.165, 1.54) is 0 Å². The van der Waals surface area contributed by atoms with E-state index in [2.05, 4.69) is 41.2 Å². The lowest BCUT2D eigenvalue weighted by Gasteiger charge is -2.07. The first kappa shape index (κ1) is 38.1. The quantitative estimate of drug-likeness (QED) is 0.101. The van der Waals surface area contributed by atoms with Crippen molar-refractivity contribution in [2.75, 3.05) is 39.3 Å². The molecule has 224 valence electrons. The summed E-state index contributed by atoms with van der Waals surface area (Å²) in [4.78, 5) is 39.0. The summed E-state index contributed by atoms with van der Waals surface area (Å²) in [5.74, 6) is 0.331. The van der Waals surface area contributed by atoms with Crippen LogP contribution in [-0.2, 0) is 0 Å². The Hall–Kier alpha value is -4.04. The molecule has 40 heavy (non-hydrogen) atoms. The average Bonchev–Trinajstić information content (AvgIpc) is 3.51. The molecule has 0 aliphatic rings. The Morgan fingerprint density at radius 2 is 0.925 bits per heavy atom. The van der Waals surface area contributed by atoms with Crippen LogP contribution in [0.2, 0.25) is 0 Å². The van der Waals surface area contributed by atoms with Gasteiger partial charge < -0.3 is 31.2 Å². The van der Waals surface area contributed by atoms with Crippen molar-refractivity contribution in [1.82, 2.24) is 41.2 Å². The summed E-state index contributed by atoms with van der Waals surface area (Å²) in [5.41, 5.74) is 3.31. The van der Waals surface area contributed by atoms with Gasteiger partial charge in [-0.05, 0) is 69.7 Å². The third-order valence-electron chi connectivity index (χ3n) is 5.55. The summed E-state index contributed by atoms with van der Waals surface area (Å²) in [7, 11) is 0. The second kappa shape index (κ2) is 19.9. The van der Waals surface area contributed by atoms with Crippen molar-refractivity contribution in [2.24, 2.45) is 0 Å². The van der Waals surface area contributed by atoms with Crippen molar-refractivity contribution in [1.29, 1.82) is 0 Å². The van der Waals surface area contributed by atoms with Crippen LogP contribution < -0.4 is 21.3 Å². The molecule has 0 saturated carbocycles. The van der Waals surface area contributed by atoms with Gasteiger partial charge in [-0.2, -0.15) is 0 Å². The van der Waals surface area contributed by atoms with Gasteiger partial charge in [-0.1, -0.05) is 31.7 Å². The van der Waals surface area contributed by atoms with Crippen molar-refractivity contribution in [2.45, 2.75) is 26.7 Å². The van der Waals surface area contributed by atoms with Gasteiger partial charge in [0.1, 0.15) is 0 Å². The van der Waals surface area contributed by atoms with Crippen molar-refractivity contribution in [3.8, 4) is 0 Å². The number of halogens is 4. The van der Waals surface area contributed by atoms with Crippen LogP contribution in [-0.4, -0.2) is 71.0 Å². The molecule has 0 aliphatic heterocycles. The summed E-state index contributed by atoms with van der Waals surface area (Å²) in [6.45, 7) is 4.70. The molecule has 0 spiro atoms. The number of imidazole rings is 2. The Balaban J connectivity index is 0. The number of amides is 2. The second-order valence-corrected chi connectivity index (χ2v) is 8.28. The van der Waals surface area contributed by atoms with Crippen molar-refractivity contribution in [3.05, 3.63) is 60.2 Å². The summed E-state index contributed by atoms with van der Waals surface area (Å²) in [6, 6.07) is 15.2. The lowest BCUT2D eigenvalue weighted by molar-refractivity contribution is 0.0936. The third-order valence-corrected chi connectivity index (χ3v) is 5.55. The van der Waals surface area contributed by atoms with Gasteiger partial charge in [0.05, 0.1) is 22.1 Å². The highest BCUT2D eigenvalue weighted by molar-refractivity contribution is 5.94. The van der Waals surface area contributed by atoms with Crippen LogP contribution in [0.5, 0.6) is 0 Å². The second-order valence-electron chi connectivity index (χ2n) is 8.28. The smallest absolute Gasteiger partial charge is 0.287 e. The van der Waals surface area contributed by atoms with Crippen LogP contribution in [0.15, 0.2) is 48.5 Å². The number of carbonyl (C=O) groups excluding carboxylic acids is 2. The number of fused-ring (bicyclic) bond motifs is 2. The number of aromatic nitrogens is 4. The summed E-state index contributed by atoms with van der Waals surface area (Å²) < 4.78 is 0. The molecule has 0 radical (unpaired) electrons. The van der Waals surface area contributed by atoms with Crippen LogP contribution in [0.25, 0.3) is 22.1 Å². The number of hydrogen-bond donors (Lipinski definition) is 6. The molecule has 0 unspecified atom stereocenters. The van der Waals surface area contributed by atoms with E-state index in [-0.39, 0.29) is 38.1 Å². The summed E-state index contributed by atoms with van der Waals surface area (Å²) in [6.07, 6.45) is 2.71. The van der Waals surface area contributed by atoms with Gasteiger partial charge in [-0.3, -0.25) is 28.4 Å². The normalized spacial score (nSPS) is 9.80. The van der Waals surface area contributed by atoms with Crippen molar-refractivity contribution in [3.63, 3.8) is 0 Å². The molecule has 4 rings (SSSR count). The zero-order chi connectivity index (χ0) is 24.3. The van der Waals surface area contributed by atoms with Gasteiger partial charge in [0.2, 0.25) is 0 Å². The maximum Gasteiger partial charge on any atom is 0.287 e. The van der Waals surface area contributed by atoms with E-state index in [0.717, 1.165) is 67.5 Å². The van der Waals surface area contributed by atoms with Gasteiger partial charge in [0, 0.05) is 13.1 Å². The number of aromatic amines is 2. The maximum absolute atomic E-state index is 12.2. The fourth-order valence-corrected chi connectivity index (χ4v) is 3.71. The number of carbonyl (C=O) groups is 2. The SMILES string of the molecule is C.F.F.F.F.O=C(NCCCNCCCNCCCNC(=O)c1nc2ccccc2[nH]1)c1nc2ccccc2[nH]1. The van der Waals surface area contributed by atoms with E-state index in [0.29, 0.717) is 24.7 Å². The predicted molar refractivity (Wildman–Crippen MR) is 153 cm³/mol. The molecule has 6 N–H and O–H groups in total. The molecule has 0 atom stereocenters. The minimum absolute atomic E-state index is 0. The molecule has 14 heteroatoms. The van der Waals surface area contributed by atoms with Crippen LogP contribution >= 0.6 is 0 Å². The third kappa shape index (κ3) is 11.0. The number of hydrogen-bond acceptors (Lipinski definition) is 6. The van der Waals surface area contributed by atoms with Crippen molar-refractivity contribution < 1.29 is 28.4 Å². The van der Waals surface area contributed by atoms with E-state index in [1.807, 2.05) is 48.5 Å². The van der Waals surface area contributed by atoms with E-state index >= 15 is 0 Å². The van der Waals surface area contributed by atoms with Gasteiger partial charge in [0.15, 0.2) is 11.6 Å². The first-order chi connectivity index (χ1) is 17.2. The Kier molecular flexibility index (Phi) is 19.0. The van der Waals surface area contributed by atoms with Crippen LogP contribution in [0.1, 0.15) is 47.9 Å². The largest absolute Gasteiger partial charge is 0.349 e. The summed E-state index contributed by atoms with van der Waals surface area (Å²) >= 11 is 0. The Morgan fingerprint density at radius 3 is 1.30 bits per heavy atom. The Bertz CT molecular complexity index is 1110. The first-order valence-corrected chi connectivity index (χ1v) is 12.1. The fourth-order valence-electron chi connectivity index (χ4n) is 3.71.